The Morgan fingerprint density at radius 1 is 1.60 bits per heavy atom. The SMILES string of the molecule is COc1cccnc1NC1(C)CCNC1. The largest absolute Gasteiger partial charge is 0.493 e. The zero-order valence-corrected chi connectivity index (χ0v) is 9.21. The number of aromatic nitrogens is 1. The summed E-state index contributed by atoms with van der Waals surface area (Å²) in [6, 6.07) is 3.79. The fraction of sp³-hybridized carbons (Fsp3) is 0.545. The summed E-state index contributed by atoms with van der Waals surface area (Å²) in [7, 11) is 1.66. The van der Waals surface area contributed by atoms with E-state index in [4.69, 9.17) is 4.74 Å². The lowest BCUT2D eigenvalue weighted by molar-refractivity contribution is 0.412. The van der Waals surface area contributed by atoms with E-state index in [2.05, 4.69) is 22.5 Å². The number of nitrogens with one attached hydrogen (secondary N) is 2. The van der Waals surface area contributed by atoms with Gasteiger partial charge in [0.15, 0.2) is 11.6 Å². The van der Waals surface area contributed by atoms with E-state index in [1.807, 2.05) is 12.1 Å². The summed E-state index contributed by atoms with van der Waals surface area (Å²) in [6.07, 6.45) is 2.88. The smallest absolute Gasteiger partial charge is 0.169 e. The lowest BCUT2D eigenvalue weighted by Gasteiger charge is -2.25. The van der Waals surface area contributed by atoms with Crippen LogP contribution in [0.2, 0.25) is 0 Å². The maximum Gasteiger partial charge on any atom is 0.169 e. The van der Waals surface area contributed by atoms with Crippen molar-refractivity contribution in [1.82, 2.24) is 10.3 Å². The van der Waals surface area contributed by atoms with Gasteiger partial charge < -0.3 is 15.4 Å². The van der Waals surface area contributed by atoms with Crippen molar-refractivity contribution in [2.75, 3.05) is 25.5 Å². The van der Waals surface area contributed by atoms with Crippen LogP contribution in [-0.2, 0) is 0 Å². The molecule has 1 unspecified atom stereocenters. The maximum atomic E-state index is 5.26. The average molecular weight is 207 g/mol. The van der Waals surface area contributed by atoms with Crippen molar-refractivity contribution >= 4 is 5.82 Å². The van der Waals surface area contributed by atoms with Gasteiger partial charge >= 0.3 is 0 Å². The molecule has 0 aliphatic carbocycles. The van der Waals surface area contributed by atoms with Crippen LogP contribution in [0.1, 0.15) is 13.3 Å². The predicted octanol–water partition coefficient (Wildman–Crippen LogP) is 1.25. The number of rotatable bonds is 3. The molecule has 0 amide bonds. The molecule has 82 valence electrons. The molecule has 1 saturated heterocycles. The van der Waals surface area contributed by atoms with Crippen LogP contribution >= 0.6 is 0 Å². The normalized spacial score (nSPS) is 25.2. The summed E-state index contributed by atoms with van der Waals surface area (Å²) < 4.78 is 5.26. The highest BCUT2D eigenvalue weighted by Gasteiger charge is 2.29. The molecule has 0 saturated carbocycles. The number of pyridine rings is 1. The van der Waals surface area contributed by atoms with Crippen LogP contribution in [-0.4, -0.2) is 30.7 Å². The minimum atomic E-state index is 0.0850. The van der Waals surface area contributed by atoms with Gasteiger partial charge in [0, 0.05) is 18.3 Å². The summed E-state index contributed by atoms with van der Waals surface area (Å²) in [6.45, 7) is 4.21. The van der Waals surface area contributed by atoms with Gasteiger partial charge in [0.2, 0.25) is 0 Å². The van der Waals surface area contributed by atoms with E-state index in [-0.39, 0.29) is 5.54 Å². The van der Waals surface area contributed by atoms with Crippen molar-refractivity contribution in [2.45, 2.75) is 18.9 Å². The first-order valence-electron chi connectivity index (χ1n) is 5.21. The highest BCUT2D eigenvalue weighted by molar-refractivity contribution is 5.51. The Balaban J connectivity index is 2.16. The van der Waals surface area contributed by atoms with E-state index in [0.717, 1.165) is 31.1 Å². The molecule has 2 heterocycles. The van der Waals surface area contributed by atoms with Crippen LogP contribution in [0.3, 0.4) is 0 Å². The molecule has 0 radical (unpaired) electrons. The summed E-state index contributed by atoms with van der Waals surface area (Å²) in [4.78, 5) is 4.29. The van der Waals surface area contributed by atoms with Crippen LogP contribution in [0, 0.1) is 0 Å². The molecule has 1 aliphatic rings. The first-order valence-corrected chi connectivity index (χ1v) is 5.21. The second-order valence-corrected chi connectivity index (χ2v) is 4.17. The standard InChI is InChI=1S/C11H17N3O/c1-11(5-7-12-8-11)14-10-9(15-2)4-3-6-13-10/h3-4,6,12H,5,7-8H2,1-2H3,(H,13,14). The lowest BCUT2D eigenvalue weighted by Crippen LogP contribution is -2.37. The van der Waals surface area contributed by atoms with Crippen molar-refractivity contribution < 1.29 is 4.74 Å². The molecular weight excluding hydrogens is 190 g/mol. The topological polar surface area (TPSA) is 46.2 Å². The Labute approximate surface area is 90.0 Å². The molecule has 1 aliphatic heterocycles. The molecule has 15 heavy (non-hydrogen) atoms. The van der Waals surface area contributed by atoms with Gasteiger partial charge in [-0.15, -0.1) is 0 Å². The minimum absolute atomic E-state index is 0.0850. The third-order valence-corrected chi connectivity index (χ3v) is 2.78. The van der Waals surface area contributed by atoms with Gasteiger partial charge in [0.05, 0.1) is 7.11 Å². The Bertz CT molecular complexity index is 334. The van der Waals surface area contributed by atoms with Gasteiger partial charge in [0.1, 0.15) is 0 Å². The monoisotopic (exact) mass is 207 g/mol. The molecule has 0 bridgehead atoms. The van der Waals surface area contributed by atoms with E-state index in [0.29, 0.717) is 0 Å². The van der Waals surface area contributed by atoms with Crippen LogP contribution in [0.4, 0.5) is 5.82 Å². The number of anilines is 1. The van der Waals surface area contributed by atoms with Crippen LogP contribution < -0.4 is 15.4 Å². The van der Waals surface area contributed by atoms with Gasteiger partial charge in [0.25, 0.3) is 0 Å². The minimum Gasteiger partial charge on any atom is -0.493 e. The van der Waals surface area contributed by atoms with E-state index < -0.39 is 0 Å². The molecule has 1 aromatic rings. The third-order valence-electron chi connectivity index (χ3n) is 2.78. The number of hydrogen-bond donors (Lipinski definition) is 2. The van der Waals surface area contributed by atoms with Gasteiger partial charge in [-0.25, -0.2) is 4.98 Å². The number of hydrogen-bond acceptors (Lipinski definition) is 4. The Morgan fingerprint density at radius 3 is 3.13 bits per heavy atom. The predicted molar refractivity (Wildman–Crippen MR) is 60.3 cm³/mol. The van der Waals surface area contributed by atoms with Crippen LogP contribution in [0.25, 0.3) is 0 Å². The number of ether oxygens (including phenoxy) is 1. The van der Waals surface area contributed by atoms with Crippen molar-refractivity contribution in [3.63, 3.8) is 0 Å². The van der Waals surface area contributed by atoms with E-state index in [1.54, 1.807) is 13.3 Å². The van der Waals surface area contributed by atoms with Gasteiger partial charge in [-0.3, -0.25) is 0 Å². The van der Waals surface area contributed by atoms with Gasteiger partial charge in [-0.2, -0.15) is 0 Å². The molecule has 0 aromatic carbocycles. The maximum absolute atomic E-state index is 5.26. The fourth-order valence-electron chi connectivity index (χ4n) is 1.86. The molecule has 0 spiro atoms. The van der Waals surface area contributed by atoms with E-state index in [1.165, 1.54) is 0 Å². The quantitative estimate of drug-likeness (QED) is 0.783. The Hall–Kier alpha value is -1.29. The van der Waals surface area contributed by atoms with Crippen molar-refractivity contribution in [3.8, 4) is 5.75 Å². The molecule has 2 N–H and O–H groups in total. The summed E-state index contributed by atoms with van der Waals surface area (Å²) >= 11 is 0. The highest BCUT2D eigenvalue weighted by atomic mass is 16.5. The zero-order chi connectivity index (χ0) is 10.7. The van der Waals surface area contributed by atoms with Crippen molar-refractivity contribution in [1.29, 1.82) is 0 Å². The number of methoxy groups -OCH3 is 1. The second-order valence-electron chi connectivity index (χ2n) is 4.17. The third kappa shape index (κ3) is 2.21. The fourth-order valence-corrected chi connectivity index (χ4v) is 1.86. The van der Waals surface area contributed by atoms with Crippen molar-refractivity contribution in [2.24, 2.45) is 0 Å². The second kappa shape index (κ2) is 4.06. The molecule has 1 atom stereocenters. The van der Waals surface area contributed by atoms with E-state index in [9.17, 15) is 0 Å². The van der Waals surface area contributed by atoms with Crippen LogP contribution in [0.5, 0.6) is 5.75 Å². The van der Waals surface area contributed by atoms with Crippen LogP contribution in [0.15, 0.2) is 18.3 Å². The van der Waals surface area contributed by atoms with E-state index >= 15 is 0 Å². The molecular formula is C11H17N3O. The summed E-state index contributed by atoms with van der Waals surface area (Å²) in [5.41, 5.74) is 0.0850. The number of nitrogens with zero attached hydrogens (tertiary/aromatic N) is 1. The summed E-state index contributed by atoms with van der Waals surface area (Å²) in [5.74, 6) is 1.62. The zero-order valence-electron chi connectivity index (χ0n) is 9.21. The van der Waals surface area contributed by atoms with Crippen molar-refractivity contribution in [3.05, 3.63) is 18.3 Å². The molecule has 2 rings (SSSR count). The first kappa shape index (κ1) is 10.2. The molecule has 4 nitrogen and oxygen atoms in total. The van der Waals surface area contributed by atoms with Gasteiger partial charge in [-0.05, 0) is 32.0 Å². The first-order chi connectivity index (χ1) is 7.23. The Kier molecular flexibility index (Phi) is 2.77. The lowest BCUT2D eigenvalue weighted by atomic mass is 10.0. The highest BCUT2D eigenvalue weighted by Crippen LogP contribution is 2.26. The molecule has 1 aromatic heterocycles. The van der Waals surface area contributed by atoms with Gasteiger partial charge in [-0.1, -0.05) is 0 Å². The summed E-state index contributed by atoms with van der Waals surface area (Å²) in [5, 5.41) is 6.78. The Morgan fingerprint density at radius 2 is 2.47 bits per heavy atom. The molecule has 4 heteroatoms. The molecule has 1 fully saturated rings. The average Bonchev–Trinajstić information content (AvgIpc) is 2.66.